The second-order valence-electron chi connectivity index (χ2n) is 7.85. The van der Waals surface area contributed by atoms with Crippen LogP contribution in [0.2, 0.25) is 0 Å². The summed E-state index contributed by atoms with van der Waals surface area (Å²) in [6.45, 7) is 4.25. The molecule has 2 aliphatic heterocycles. The zero-order valence-electron chi connectivity index (χ0n) is 17.5. The highest BCUT2D eigenvalue weighted by molar-refractivity contribution is 5.90. The molecule has 3 heterocycles. The van der Waals surface area contributed by atoms with Crippen LogP contribution in [0.3, 0.4) is 0 Å². The minimum Gasteiger partial charge on any atom is -0.447 e. The number of nitro benzene ring substituents is 1. The lowest BCUT2D eigenvalue weighted by molar-refractivity contribution is -0.384. The topological polar surface area (TPSA) is 102 Å². The van der Waals surface area contributed by atoms with Crippen LogP contribution < -0.4 is 9.80 Å². The largest absolute Gasteiger partial charge is 0.447 e. The van der Waals surface area contributed by atoms with E-state index in [4.69, 9.17) is 9.72 Å². The van der Waals surface area contributed by atoms with E-state index in [1.807, 2.05) is 25.1 Å². The summed E-state index contributed by atoms with van der Waals surface area (Å²) in [5, 5.41) is 11.1. The van der Waals surface area contributed by atoms with Gasteiger partial charge in [-0.05, 0) is 30.5 Å². The quantitative estimate of drug-likeness (QED) is 0.456. The van der Waals surface area contributed by atoms with Crippen LogP contribution in [-0.4, -0.2) is 40.7 Å². The molecule has 32 heavy (non-hydrogen) atoms. The van der Waals surface area contributed by atoms with Crippen LogP contribution in [0.1, 0.15) is 16.8 Å². The number of cyclic esters (lactones) is 1. The number of fused-ring (bicyclic) bond motifs is 1. The highest BCUT2D eigenvalue weighted by atomic mass is 16.6. The number of ether oxygens (including phenoxy) is 1. The van der Waals surface area contributed by atoms with Crippen molar-refractivity contribution >= 4 is 23.3 Å². The van der Waals surface area contributed by atoms with Crippen LogP contribution in [0, 0.1) is 17.0 Å². The Bertz CT molecular complexity index is 1230. The molecule has 162 valence electrons. The standard InChI is InChI=1S/C23H21N5O4/c1-15-12-21(25-22(24-15)16-4-2-6-18(13-16)28(30)31)26-9-8-19-17(14-26)5-3-7-20(19)27-10-11-32-23(27)29/h2-7,12-13H,8-11,14H2,1H3. The van der Waals surface area contributed by atoms with Crippen molar-refractivity contribution in [3.05, 3.63) is 75.5 Å². The predicted molar refractivity (Wildman–Crippen MR) is 119 cm³/mol. The number of hydrogen-bond acceptors (Lipinski definition) is 7. The monoisotopic (exact) mass is 431 g/mol. The van der Waals surface area contributed by atoms with Gasteiger partial charge in [0.2, 0.25) is 0 Å². The summed E-state index contributed by atoms with van der Waals surface area (Å²) in [6.07, 6.45) is 0.471. The van der Waals surface area contributed by atoms with Crippen molar-refractivity contribution in [1.29, 1.82) is 0 Å². The Morgan fingerprint density at radius 2 is 1.94 bits per heavy atom. The zero-order chi connectivity index (χ0) is 22.2. The molecule has 9 heteroatoms. The maximum atomic E-state index is 12.1. The first-order valence-electron chi connectivity index (χ1n) is 10.4. The molecule has 0 saturated carbocycles. The molecule has 5 rings (SSSR count). The molecule has 1 aromatic heterocycles. The average Bonchev–Trinajstić information content (AvgIpc) is 3.23. The predicted octanol–water partition coefficient (Wildman–Crippen LogP) is 3.88. The highest BCUT2D eigenvalue weighted by Crippen LogP contribution is 2.33. The average molecular weight is 431 g/mol. The van der Waals surface area contributed by atoms with E-state index in [1.54, 1.807) is 17.0 Å². The molecule has 0 atom stereocenters. The SMILES string of the molecule is Cc1cc(N2CCc3c(cccc3N3CCOC3=O)C2)nc(-c2cccc([N+](=O)[O-])c2)n1. The van der Waals surface area contributed by atoms with E-state index in [0.717, 1.165) is 41.3 Å². The molecule has 0 N–H and O–H groups in total. The number of nitro groups is 1. The van der Waals surface area contributed by atoms with Crippen LogP contribution >= 0.6 is 0 Å². The smallest absolute Gasteiger partial charge is 0.414 e. The van der Waals surface area contributed by atoms with Crippen LogP contribution in [0.4, 0.5) is 22.0 Å². The third kappa shape index (κ3) is 3.62. The van der Waals surface area contributed by atoms with Gasteiger partial charge in [-0.25, -0.2) is 14.8 Å². The molecule has 0 bridgehead atoms. The molecule has 3 aromatic rings. The van der Waals surface area contributed by atoms with Gasteiger partial charge in [-0.3, -0.25) is 15.0 Å². The number of benzene rings is 2. The molecule has 1 amide bonds. The fourth-order valence-corrected chi connectivity index (χ4v) is 4.25. The van der Waals surface area contributed by atoms with Gasteiger partial charge >= 0.3 is 6.09 Å². The molecule has 2 aromatic carbocycles. The first kappa shape index (κ1) is 19.9. The van der Waals surface area contributed by atoms with Crippen molar-refractivity contribution < 1.29 is 14.5 Å². The lowest BCUT2D eigenvalue weighted by atomic mass is 9.97. The van der Waals surface area contributed by atoms with Gasteiger partial charge in [0.05, 0.1) is 17.2 Å². The number of carbonyl (C=O) groups excluding carboxylic acids is 1. The minimum atomic E-state index is -0.421. The van der Waals surface area contributed by atoms with Crippen molar-refractivity contribution in [2.45, 2.75) is 19.9 Å². The van der Waals surface area contributed by atoms with Gasteiger partial charge in [-0.2, -0.15) is 0 Å². The fourth-order valence-electron chi connectivity index (χ4n) is 4.25. The van der Waals surface area contributed by atoms with Crippen molar-refractivity contribution in [3.63, 3.8) is 0 Å². The van der Waals surface area contributed by atoms with Crippen molar-refractivity contribution in [2.75, 3.05) is 29.5 Å². The maximum Gasteiger partial charge on any atom is 0.414 e. The summed E-state index contributed by atoms with van der Waals surface area (Å²) in [6, 6.07) is 14.3. The Balaban J connectivity index is 1.46. The molecule has 1 saturated heterocycles. The number of nitrogens with zero attached hydrogens (tertiary/aromatic N) is 5. The fraction of sp³-hybridized carbons (Fsp3) is 0.261. The van der Waals surface area contributed by atoms with E-state index in [0.29, 0.717) is 31.1 Å². The van der Waals surface area contributed by atoms with Crippen LogP contribution in [0.5, 0.6) is 0 Å². The van der Waals surface area contributed by atoms with E-state index < -0.39 is 4.92 Å². The number of aromatic nitrogens is 2. The summed E-state index contributed by atoms with van der Waals surface area (Å²) in [5.74, 6) is 1.23. The number of anilines is 2. The number of aryl methyl sites for hydroxylation is 1. The molecule has 0 radical (unpaired) electrons. The van der Waals surface area contributed by atoms with E-state index in [9.17, 15) is 14.9 Å². The van der Waals surface area contributed by atoms with E-state index in [-0.39, 0.29) is 11.8 Å². The summed E-state index contributed by atoms with van der Waals surface area (Å²) >= 11 is 0. The van der Waals surface area contributed by atoms with Crippen molar-refractivity contribution in [3.8, 4) is 11.4 Å². The normalized spacial score (nSPS) is 15.5. The van der Waals surface area contributed by atoms with Gasteiger partial charge < -0.3 is 9.64 Å². The second kappa shape index (κ2) is 7.92. The van der Waals surface area contributed by atoms with E-state index in [1.165, 1.54) is 12.1 Å². The molecule has 2 aliphatic rings. The number of hydrogen-bond donors (Lipinski definition) is 0. The second-order valence-corrected chi connectivity index (χ2v) is 7.85. The maximum absolute atomic E-state index is 12.1. The number of rotatable bonds is 4. The van der Waals surface area contributed by atoms with Gasteiger partial charge in [0, 0.05) is 42.5 Å². The first-order valence-corrected chi connectivity index (χ1v) is 10.4. The summed E-state index contributed by atoms with van der Waals surface area (Å²) in [7, 11) is 0. The minimum absolute atomic E-state index is 0.00836. The van der Waals surface area contributed by atoms with E-state index in [2.05, 4.69) is 16.0 Å². The summed E-state index contributed by atoms with van der Waals surface area (Å²) in [5.41, 5.74) is 4.62. The summed E-state index contributed by atoms with van der Waals surface area (Å²) < 4.78 is 5.11. The van der Waals surface area contributed by atoms with Crippen molar-refractivity contribution in [1.82, 2.24) is 9.97 Å². The molecule has 0 unspecified atom stereocenters. The third-order valence-electron chi connectivity index (χ3n) is 5.77. The molecule has 9 nitrogen and oxygen atoms in total. The van der Waals surface area contributed by atoms with Gasteiger partial charge in [-0.15, -0.1) is 0 Å². The van der Waals surface area contributed by atoms with Gasteiger partial charge in [0.1, 0.15) is 12.4 Å². The Kier molecular flexibility index (Phi) is 4.93. The van der Waals surface area contributed by atoms with Crippen LogP contribution in [0.25, 0.3) is 11.4 Å². The Morgan fingerprint density at radius 3 is 2.72 bits per heavy atom. The Hall–Kier alpha value is -4.01. The molecule has 1 fully saturated rings. The molecular weight excluding hydrogens is 410 g/mol. The highest BCUT2D eigenvalue weighted by Gasteiger charge is 2.29. The Morgan fingerprint density at radius 1 is 1.09 bits per heavy atom. The summed E-state index contributed by atoms with van der Waals surface area (Å²) in [4.78, 5) is 35.9. The zero-order valence-corrected chi connectivity index (χ0v) is 17.5. The van der Waals surface area contributed by atoms with Crippen LogP contribution in [0.15, 0.2) is 48.5 Å². The third-order valence-corrected chi connectivity index (χ3v) is 5.77. The number of non-ortho nitro benzene ring substituents is 1. The van der Waals surface area contributed by atoms with E-state index >= 15 is 0 Å². The van der Waals surface area contributed by atoms with Gasteiger partial charge in [0.15, 0.2) is 5.82 Å². The number of carbonyl (C=O) groups is 1. The van der Waals surface area contributed by atoms with Gasteiger partial charge in [-0.1, -0.05) is 24.3 Å². The molecule has 0 aliphatic carbocycles. The van der Waals surface area contributed by atoms with Crippen molar-refractivity contribution in [2.24, 2.45) is 0 Å². The van der Waals surface area contributed by atoms with Crippen LogP contribution in [-0.2, 0) is 17.7 Å². The lowest BCUT2D eigenvalue weighted by Gasteiger charge is -2.32. The number of amides is 1. The first-order chi connectivity index (χ1) is 15.5. The molecular formula is C23H21N5O4. The molecule has 0 spiro atoms. The lowest BCUT2D eigenvalue weighted by Crippen LogP contribution is -2.33. The Labute approximate surface area is 184 Å². The van der Waals surface area contributed by atoms with Gasteiger partial charge in [0.25, 0.3) is 5.69 Å².